The Kier molecular flexibility index (Phi) is 5.30. The van der Waals surface area contributed by atoms with Crippen molar-refractivity contribution in [3.05, 3.63) is 29.1 Å². The highest BCUT2D eigenvalue weighted by Crippen LogP contribution is 2.07. The number of nitrogens with two attached hydrogens (primary N) is 1. The second-order valence-corrected chi connectivity index (χ2v) is 2.40. The van der Waals surface area contributed by atoms with Gasteiger partial charge in [0.2, 0.25) is 0 Å². The van der Waals surface area contributed by atoms with E-state index in [1.807, 2.05) is 26.8 Å². The first-order chi connectivity index (χ1) is 5.75. The number of nitrogens with zero attached hydrogens (tertiary/aromatic N) is 1. The zero-order chi connectivity index (χ0) is 9.56. The number of rotatable bonds is 1. The van der Waals surface area contributed by atoms with Crippen molar-refractivity contribution < 1.29 is 0 Å². The molecule has 0 aliphatic rings. The molecule has 1 aromatic heterocycles. The van der Waals surface area contributed by atoms with Crippen LogP contribution in [0.3, 0.4) is 0 Å². The van der Waals surface area contributed by atoms with E-state index < -0.39 is 0 Å². The molecule has 0 fully saturated rings. The molecule has 0 aromatic carbocycles. The number of pyridine rings is 1. The maximum Gasteiger partial charge on any atom is 0.0571 e. The normalized spacial score (nSPS) is 8.75. The standard InChI is InChI=1S/C8H12N2.C2H6/c1-6-3-4-10-8(5-9)7(6)2;1-2/h3-4H,5,9H2,1-2H3;1-2H3. The van der Waals surface area contributed by atoms with Gasteiger partial charge in [-0.05, 0) is 31.0 Å². The van der Waals surface area contributed by atoms with Gasteiger partial charge in [0.15, 0.2) is 0 Å². The van der Waals surface area contributed by atoms with Gasteiger partial charge in [-0.25, -0.2) is 0 Å². The highest BCUT2D eigenvalue weighted by molar-refractivity contribution is 5.26. The van der Waals surface area contributed by atoms with E-state index in [1.54, 1.807) is 6.20 Å². The maximum atomic E-state index is 5.46. The molecule has 0 saturated carbocycles. The molecule has 0 aliphatic heterocycles. The lowest BCUT2D eigenvalue weighted by Gasteiger charge is -2.02. The average molecular weight is 166 g/mol. The van der Waals surface area contributed by atoms with E-state index >= 15 is 0 Å². The maximum absolute atomic E-state index is 5.46. The van der Waals surface area contributed by atoms with Gasteiger partial charge in [-0.15, -0.1) is 0 Å². The molecule has 1 aromatic rings. The molecule has 0 radical (unpaired) electrons. The largest absolute Gasteiger partial charge is 0.325 e. The molecule has 68 valence electrons. The van der Waals surface area contributed by atoms with Crippen molar-refractivity contribution in [2.45, 2.75) is 34.2 Å². The molecule has 1 rings (SSSR count). The van der Waals surface area contributed by atoms with Crippen molar-refractivity contribution >= 4 is 0 Å². The molecule has 2 heteroatoms. The van der Waals surface area contributed by atoms with Crippen molar-refractivity contribution in [3.63, 3.8) is 0 Å². The van der Waals surface area contributed by atoms with Crippen LogP contribution in [0.4, 0.5) is 0 Å². The van der Waals surface area contributed by atoms with E-state index in [2.05, 4.69) is 11.9 Å². The fraction of sp³-hybridized carbons (Fsp3) is 0.500. The lowest BCUT2D eigenvalue weighted by atomic mass is 10.1. The van der Waals surface area contributed by atoms with Crippen LogP contribution >= 0.6 is 0 Å². The number of aromatic nitrogens is 1. The summed E-state index contributed by atoms with van der Waals surface area (Å²) in [5.41, 5.74) is 8.93. The van der Waals surface area contributed by atoms with Crippen LogP contribution in [0.15, 0.2) is 12.3 Å². The lowest BCUT2D eigenvalue weighted by molar-refractivity contribution is 0.959. The van der Waals surface area contributed by atoms with Crippen LogP contribution in [0.5, 0.6) is 0 Å². The van der Waals surface area contributed by atoms with Crippen LogP contribution in [0.25, 0.3) is 0 Å². The molecular weight excluding hydrogens is 148 g/mol. The molecule has 0 amide bonds. The van der Waals surface area contributed by atoms with Crippen LogP contribution in [-0.4, -0.2) is 4.98 Å². The first-order valence-electron chi connectivity index (χ1n) is 4.37. The predicted molar refractivity (Wildman–Crippen MR) is 53.0 cm³/mol. The summed E-state index contributed by atoms with van der Waals surface area (Å²) in [6.45, 7) is 8.65. The van der Waals surface area contributed by atoms with E-state index in [0.29, 0.717) is 6.54 Å². The second-order valence-electron chi connectivity index (χ2n) is 2.40. The Labute approximate surface area is 74.8 Å². The minimum absolute atomic E-state index is 0.535. The van der Waals surface area contributed by atoms with E-state index in [4.69, 9.17) is 5.73 Å². The molecule has 0 saturated heterocycles. The van der Waals surface area contributed by atoms with Gasteiger partial charge < -0.3 is 5.73 Å². The van der Waals surface area contributed by atoms with Gasteiger partial charge in [0.1, 0.15) is 0 Å². The van der Waals surface area contributed by atoms with E-state index in [-0.39, 0.29) is 0 Å². The third-order valence-corrected chi connectivity index (χ3v) is 1.77. The molecule has 2 nitrogen and oxygen atoms in total. The minimum atomic E-state index is 0.535. The van der Waals surface area contributed by atoms with Crippen molar-refractivity contribution in [1.29, 1.82) is 0 Å². The Morgan fingerprint density at radius 3 is 2.33 bits per heavy atom. The fourth-order valence-electron chi connectivity index (χ4n) is 0.894. The first-order valence-corrected chi connectivity index (χ1v) is 4.37. The van der Waals surface area contributed by atoms with Crippen LogP contribution < -0.4 is 5.73 Å². The summed E-state index contributed by atoms with van der Waals surface area (Å²) in [7, 11) is 0. The highest BCUT2D eigenvalue weighted by atomic mass is 14.7. The Hall–Kier alpha value is -0.890. The third-order valence-electron chi connectivity index (χ3n) is 1.77. The first kappa shape index (κ1) is 11.1. The van der Waals surface area contributed by atoms with Crippen LogP contribution in [0.1, 0.15) is 30.7 Å². The Morgan fingerprint density at radius 2 is 1.92 bits per heavy atom. The summed E-state index contributed by atoms with van der Waals surface area (Å²) in [5.74, 6) is 0. The van der Waals surface area contributed by atoms with Gasteiger partial charge in [0.25, 0.3) is 0 Å². The zero-order valence-corrected chi connectivity index (χ0v) is 8.39. The summed E-state index contributed by atoms with van der Waals surface area (Å²) in [5, 5.41) is 0. The highest BCUT2D eigenvalue weighted by Gasteiger charge is 1.97. The van der Waals surface area contributed by atoms with E-state index in [9.17, 15) is 0 Å². The predicted octanol–water partition coefficient (Wildman–Crippen LogP) is 2.18. The molecule has 0 spiro atoms. The molecule has 12 heavy (non-hydrogen) atoms. The minimum Gasteiger partial charge on any atom is -0.325 e. The Bertz CT molecular complexity index is 231. The van der Waals surface area contributed by atoms with E-state index in [1.165, 1.54) is 11.1 Å². The van der Waals surface area contributed by atoms with Crippen molar-refractivity contribution in [1.82, 2.24) is 4.98 Å². The molecule has 2 N–H and O–H groups in total. The molecular formula is C10H18N2. The van der Waals surface area contributed by atoms with E-state index in [0.717, 1.165) is 5.69 Å². The monoisotopic (exact) mass is 166 g/mol. The average Bonchev–Trinajstić information content (AvgIpc) is 2.13. The van der Waals surface area contributed by atoms with Gasteiger partial charge in [-0.1, -0.05) is 13.8 Å². The second kappa shape index (κ2) is 5.72. The van der Waals surface area contributed by atoms with Gasteiger partial charge in [-0.3, -0.25) is 4.98 Å². The summed E-state index contributed by atoms with van der Waals surface area (Å²) in [4.78, 5) is 4.13. The quantitative estimate of drug-likeness (QED) is 0.694. The number of hydrogen-bond acceptors (Lipinski definition) is 2. The van der Waals surface area contributed by atoms with Gasteiger partial charge in [0, 0.05) is 12.7 Å². The summed E-state index contributed by atoms with van der Waals surface area (Å²) in [6, 6.07) is 1.99. The molecule has 0 bridgehead atoms. The van der Waals surface area contributed by atoms with Crippen molar-refractivity contribution in [2.75, 3.05) is 0 Å². The molecule has 0 aliphatic carbocycles. The van der Waals surface area contributed by atoms with Gasteiger partial charge in [-0.2, -0.15) is 0 Å². The SMILES string of the molecule is CC.Cc1ccnc(CN)c1C. The van der Waals surface area contributed by atoms with Crippen molar-refractivity contribution in [3.8, 4) is 0 Å². The summed E-state index contributed by atoms with van der Waals surface area (Å²) >= 11 is 0. The van der Waals surface area contributed by atoms with Crippen molar-refractivity contribution in [2.24, 2.45) is 5.73 Å². The van der Waals surface area contributed by atoms with Crippen LogP contribution in [0.2, 0.25) is 0 Å². The topological polar surface area (TPSA) is 38.9 Å². The summed E-state index contributed by atoms with van der Waals surface area (Å²) < 4.78 is 0. The molecule has 0 atom stereocenters. The van der Waals surface area contributed by atoms with Crippen LogP contribution in [-0.2, 0) is 6.54 Å². The summed E-state index contributed by atoms with van der Waals surface area (Å²) in [6.07, 6.45) is 1.80. The number of aryl methyl sites for hydroxylation is 1. The van der Waals surface area contributed by atoms with Crippen LogP contribution in [0, 0.1) is 13.8 Å². The van der Waals surface area contributed by atoms with Gasteiger partial charge in [0.05, 0.1) is 5.69 Å². The smallest absolute Gasteiger partial charge is 0.0571 e. The van der Waals surface area contributed by atoms with Gasteiger partial charge >= 0.3 is 0 Å². The zero-order valence-electron chi connectivity index (χ0n) is 8.39. The Balaban J connectivity index is 0.000000561. The molecule has 1 heterocycles. The lowest BCUT2D eigenvalue weighted by Crippen LogP contribution is -2.02. The fourth-order valence-corrected chi connectivity index (χ4v) is 0.894. The number of hydrogen-bond donors (Lipinski definition) is 1. The Morgan fingerprint density at radius 1 is 1.33 bits per heavy atom. The molecule has 0 unspecified atom stereocenters. The third kappa shape index (κ3) is 2.62.